The number of nitrogens with zero attached hydrogens (tertiary/aromatic N) is 1. The number of carbonyl (C=O) groups excluding carboxylic acids is 1. The molecular weight excluding hydrogens is 458 g/mol. The minimum Gasteiger partial charge on any atom is -0.484 e. The van der Waals surface area contributed by atoms with Crippen LogP contribution in [0.2, 0.25) is 5.02 Å². The lowest BCUT2D eigenvalue weighted by molar-refractivity contribution is 0.0394. The maximum absolute atomic E-state index is 13.0. The lowest BCUT2D eigenvalue weighted by atomic mass is 9.84. The second-order valence-electron chi connectivity index (χ2n) is 8.96. The Bertz CT molecular complexity index is 1180. The van der Waals surface area contributed by atoms with Crippen molar-refractivity contribution in [1.82, 2.24) is 10.3 Å². The summed E-state index contributed by atoms with van der Waals surface area (Å²) in [6.45, 7) is 6.02. The predicted octanol–water partition coefficient (Wildman–Crippen LogP) is 4.22. The lowest BCUT2D eigenvalue weighted by Gasteiger charge is -2.35. The third-order valence-corrected chi connectivity index (χ3v) is 6.90. The van der Waals surface area contributed by atoms with Gasteiger partial charge < -0.3 is 24.6 Å². The summed E-state index contributed by atoms with van der Waals surface area (Å²) in [5.41, 5.74) is 4.05. The average molecular weight is 488 g/mol. The van der Waals surface area contributed by atoms with Gasteiger partial charge in [-0.15, -0.1) is 0 Å². The molecule has 2 aromatic rings. The fourth-order valence-electron chi connectivity index (χ4n) is 4.73. The molecule has 0 radical (unpaired) electrons. The molecule has 1 aliphatic carbocycles. The third-order valence-electron chi connectivity index (χ3n) is 6.62. The van der Waals surface area contributed by atoms with Crippen LogP contribution in [0.3, 0.4) is 0 Å². The van der Waals surface area contributed by atoms with Crippen LogP contribution >= 0.6 is 11.6 Å². The Morgan fingerprint density at radius 1 is 1.24 bits per heavy atom. The van der Waals surface area contributed by atoms with Crippen molar-refractivity contribution in [2.24, 2.45) is 11.1 Å². The molecule has 34 heavy (non-hydrogen) atoms. The summed E-state index contributed by atoms with van der Waals surface area (Å²) in [5, 5.41) is 7.24. The molecule has 8 nitrogen and oxygen atoms in total. The Hall–Kier alpha value is -3.00. The molecule has 1 amide bonds. The molecule has 1 aromatic heterocycles. The molecule has 0 spiro atoms. The summed E-state index contributed by atoms with van der Waals surface area (Å²) >= 11 is 6.47. The largest absolute Gasteiger partial charge is 0.484 e. The Morgan fingerprint density at radius 2 is 1.97 bits per heavy atom. The number of halogens is 1. The minimum atomic E-state index is -0.328. The van der Waals surface area contributed by atoms with E-state index in [9.17, 15) is 9.59 Å². The summed E-state index contributed by atoms with van der Waals surface area (Å²) in [6.07, 6.45) is 3.47. The van der Waals surface area contributed by atoms with Gasteiger partial charge in [0.25, 0.3) is 11.5 Å². The molecule has 2 N–H and O–H groups in total. The van der Waals surface area contributed by atoms with Gasteiger partial charge in [0, 0.05) is 28.9 Å². The third kappa shape index (κ3) is 4.92. The van der Waals surface area contributed by atoms with Crippen molar-refractivity contribution in [3.05, 3.63) is 55.5 Å². The van der Waals surface area contributed by atoms with E-state index in [-0.39, 0.29) is 24.1 Å². The van der Waals surface area contributed by atoms with Crippen LogP contribution in [0, 0.1) is 26.7 Å². The number of aryl methyl sites for hydroxylation is 2. The maximum atomic E-state index is 13.0. The van der Waals surface area contributed by atoms with Crippen LogP contribution in [0.5, 0.6) is 11.5 Å². The van der Waals surface area contributed by atoms with Gasteiger partial charge in [0.2, 0.25) is 0 Å². The first-order valence-corrected chi connectivity index (χ1v) is 11.8. The highest BCUT2D eigenvalue weighted by Crippen LogP contribution is 2.44. The Balaban J connectivity index is 1.50. The number of hydrogen-bond acceptors (Lipinski definition) is 6. The summed E-state index contributed by atoms with van der Waals surface area (Å²) < 4.78 is 12.4. The number of fused-ring (bicyclic) bond motifs is 1. The molecule has 182 valence electrons. The molecule has 9 heteroatoms. The average Bonchev–Trinajstić information content (AvgIpc) is 2.81. The highest BCUT2D eigenvalue weighted by Gasteiger charge is 2.34. The topological polar surface area (TPSA) is 102 Å². The smallest absolute Gasteiger partial charge is 0.253 e. The first kappa shape index (κ1) is 24.1. The van der Waals surface area contributed by atoms with E-state index in [0.29, 0.717) is 45.7 Å². The summed E-state index contributed by atoms with van der Waals surface area (Å²) in [7, 11) is 1.56. The number of pyridine rings is 1. The minimum absolute atomic E-state index is 0.113. The number of hydrogen-bond donors (Lipinski definition) is 2. The molecule has 1 saturated carbocycles. The van der Waals surface area contributed by atoms with Gasteiger partial charge in [-0.2, -0.15) is 0 Å². The van der Waals surface area contributed by atoms with E-state index in [0.717, 1.165) is 42.7 Å². The van der Waals surface area contributed by atoms with Crippen molar-refractivity contribution in [3.63, 3.8) is 0 Å². The van der Waals surface area contributed by atoms with Crippen LogP contribution in [0.4, 0.5) is 0 Å². The molecule has 2 heterocycles. The van der Waals surface area contributed by atoms with E-state index < -0.39 is 0 Å². The van der Waals surface area contributed by atoms with Gasteiger partial charge in [0.05, 0.1) is 10.7 Å². The number of nitrogens with one attached hydrogen (secondary N) is 2. The number of carbonyl (C=O) groups is 1. The van der Waals surface area contributed by atoms with Gasteiger partial charge in [-0.1, -0.05) is 16.8 Å². The zero-order chi connectivity index (χ0) is 24.4. The summed E-state index contributed by atoms with van der Waals surface area (Å²) in [4.78, 5) is 33.0. The van der Waals surface area contributed by atoms with Crippen LogP contribution in [0.15, 0.2) is 22.1 Å². The molecular formula is C25H30ClN3O5. The molecule has 1 aromatic carbocycles. The first-order valence-electron chi connectivity index (χ1n) is 11.5. The van der Waals surface area contributed by atoms with Gasteiger partial charge in [-0.05, 0) is 70.1 Å². The van der Waals surface area contributed by atoms with Gasteiger partial charge in [-0.3, -0.25) is 9.59 Å². The van der Waals surface area contributed by atoms with Crippen LogP contribution in [0.1, 0.15) is 58.4 Å². The van der Waals surface area contributed by atoms with Crippen LogP contribution in [-0.2, 0) is 11.4 Å². The van der Waals surface area contributed by atoms with Crippen molar-refractivity contribution in [1.29, 1.82) is 0 Å². The number of oxime groups is 1. The second kappa shape index (κ2) is 10.1. The van der Waals surface area contributed by atoms with E-state index in [1.807, 2.05) is 26.8 Å². The molecule has 1 fully saturated rings. The molecule has 1 atom stereocenters. The highest BCUT2D eigenvalue weighted by molar-refractivity contribution is 6.32. The van der Waals surface area contributed by atoms with Crippen molar-refractivity contribution in [2.45, 2.75) is 59.1 Å². The van der Waals surface area contributed by atoms with Gasteiger partial charge in [0.1, 0.15) is 19.8 Å². The van der Waals surface area contributed by atoms with E-state index in [2.05, 4.69) is 15.5 Å². The number of rotatable bonds is 5. The fourth-order valence-corrected chi connectivity index (χ4v) is 4.98. The zero-order valence-corrected chi connectivity index (χ0v) is 20.7. The normalized spacial score (nSPS) is 19.5. The van der Waals surface area contributed by atoms with Gasteiger partial charge >= 0.3 is 0 Å². The number of benzene rings is 1. The maximum Gasteiger partial charge on any atom is 0.253 e. The molecule has 0 bridgehead atoms. The van der Waals surface area contributed by atoms with Crippen LogP contribution in [-0.4, -0.2) is 36.4 Å². The quantitative estimate of drug-likeness (QED) is 0.615. The summed E-state index contributed by atoms with van der Waals surface area (Å²) in [6, 6.07) is 3.47. The number of aromatic nitrogens is 1. The van der Waals surface area contributed by atoms with Crippen LogP contribution in [0.25, 0.3) is 0 Å². The van der Waals surface area contributed by atoms with E-state index in [1.165, 1.54) is 0 Å². The van der Waals surface area contributed by atoms with Crippen molar-refractivity contribution >= 4 is 23.2 Å². The number of amides is 1. The standard InChI is InChI=1S/C25H30ClN3O5/c1-13-9-14(2)28-25(31)19(13)11-27-24(30)18-10-20(26)23-22(15(18)3)34-21(12-33-23)16-5-7-17(8-6-16)29-32-4/h9-10,16,21H,5-8,11-12H2,1-4H3,(H,27,30)(H,28,31)/t16?,21-/m1/s1. The first-order chi connectivity index (χ1) is 16.3. The van der Waals surface area contributed by atoms with Gasteiger partial charge in [0.15, 0.2) is 11.5 Å². The summed E-state index contributed by atoms with van der Waals surface area (Å²) in [5.74, 6) is 0.964. The van der Waals surface area contributed by atoms with Crippen LogP contribution < -0.4 is 20.3 Å². The predicted molar refractivity (Wildman–Crippen MR) is 130 cm³/mol. The monoisotopic (exact) mass is 487 g/mol. The second-order valence-corrected chi connectivity index (χ2v) is 9.37. The highest BCUT2D eigenvalue weighted by atomic mass is 35.5. The zero-order valence-electron chi connectivity index (χ0n) is 19.9. The molecule has 2 aliphatic rings. The molecule has 0 unspecified atom stereocenters. The molecule has 0 saturated heterocycles. The Morgan fingerprint density at radius 3 is 2.65 bits per heavy atom. The van der Waals surface area contributed by atoms with Crippen molar-refractivity contribution < 1.29 is 19.1 Å². The fraction of sp³-hybridized carbons (Fsp3) is 0.480. The van der Waals surface area contributed by atoms with Gasteiger partial charge in [-0.25, -0.2) is 0 Å². The van der Waals surface area contributed by atoms with E-state index >= 15 is 0 Å². The number of H-pyrrole nitrogens is 1. The van der Waals surface area contributed by atoms with E-state index in [1.54, 1.807) is 13.2 Å². The number of ether oxygens (including phenoxy) is 2. The number of aromatic amines is 1. The Labute approximate surface area is 203 Å². The molecule has 4 rings (SSSR count). The van der Waals surface area contributed by atoms with Crippen molar-refractivity contribution in [2.75, 3.05) is 13.7 Å². The lowest BCUT2D eigenvalue weighted by Crippen LogP contribution is -2.38. The molecule has 1 aliphatic heterocycles. The Kier molecular flexibility index (Phi) is 7.16. The van der Waals surface area contributed by atoms with E-state index in [4.69, 9.17) is 25.9 Å². The SMILES string of the molecule is CON=C1CCC([C@H]2COc3c(Cl)cc(C(=O)NCc4c(C)cc(C)[nH]c4=O)c(C)c3O2)CC1. The van der Waals surface area contributed by atoms with Crippen molar-refractivity contribution in [3.8, 4) is 11.5 Å².